The van der Waals surface area contributed by atoms with Crippen LogP contribution >= 0.6 is 11.6 Å². The number of benzene rings is 1. The predicted octanol–water partition coefficient (Wildman–Crippen LogP) is 2.46. The maximum Gasteiger partial charge on any atom is 0.313 e. The molecule has 0 unspecified atom stereocenters. The van der Waals surface area contributed by atoms with E-state index in [2.05, 4.69) is 5.32 Å². The molecule has 14 heavy (non-hydrogen) atoms. The standard InChI is InChI=1S/C9H8ClF2NO/c10-9(14)13-4-3-6-1-2-7(11)8(12)5-6/h1-2,5H,3-4H2,(H,13,14). The van der Waals surface area contributed by atoms with Gasteiger partial charge >= 0.3 is 5.37 Å². The first-order chi connectivity index (χ1) is 6.59. The normalized spacial score (nSPS) is 9.93. The molecule has 0 saturated heterocycles. The fourth-order valence-corrected chi connectivity index (χ4v) is 1.09. The molecule has 1 amide bonds. The van der Waals surface area contributed by atoms with Gasteiger partial charge in [-0.25, -0.2) is 8.78 Å². The van der Waals surface area contributed by atoms with E-state index in [-0.39, 0.29) is 0 Å². The van der Waals surface area contributed by atoms with E-state index in [4.69, 9.17) is 11.6 Å². The van der Waals surface area contributed by atoms with Crippen LogP contribution in [0.5, 0.6) is 0 Å². The maximum absolute atomic E-state index is 12.7. The largest absolute Gasteiger partial charge is 0.342 e. The summed E-state index contributed by atoms with van der Waals surface area (Å²) in [7, 11) is 0. The lowest BCUT2D eigenvalue weighted by molar-refractivity contribution is 0.260. The first kappa shape index (κ1) is 10.9. The van der Waals surface area contributed by atoms with Crippen LogP contribution in [-0.2, 0) is 6.42 Å². The van der Waals surface area contributed by atoms with Crippen LogP contribution < -0.4 is 5.32 Å². The van der Waals surface area contributed by atoms with Crippen molar-refractivity contribution >= 4 is 17.0 Å². The summed E-state index contributed by atoms with van der Waals surface area (Å²) >= 11 is 5.02. The fourth-order valence-electron chi connectivity index (χ4n) is 1.00. The first-order valence-electron chi connectivity index (χ1n) is 3.97. The minimum Gasteiger partial charge on any atom is -0.342 e. The summed E-state index contributed by atoms with van der Waals surface area (Å²) in [6.45, 7) is 0.299. The van der Waals surface area contributed by atoms with Crippen LogP contribution in [0.2, 0.25) is 0 Å². The highest BCUT2D eigenvalue weighted by Crippen LogP contribution is 2.08. The second-order valence-electron chi connectivity index (χ2n) is 2.70. The Bertz CT molecular complexity index is 344. The number of halogens is 3. The third-order valence-corrected chi connectivity index (χ3v) is 1.80. The summed E-state index contributed by atoms with van der Waals surface area (Å²) in [6, 6.07) is 3.60. The summed E-state index contributed by atoms with van der Waals surface area (Å²) in [5.74, 6) is -1.77. The van der Waals surface area contributed by atoms with Crippen molar-refractivity contribution in [2.24, 2.45) is 0 Å². The van der Waals surface area contributed by atoms with Crippen molar-refractivity contribution in [2.45, 2.75) is 6.42 Å². The van der Waals surface area contributed by atoms with Gasteiger partial charge in [-0.3, -0.25) is 4.79 Å². The number of amides is 1. The van der Waals surface area contributed by atoms with Crippen LogP contribution in [0.25, 0.3) is 0 Å². The van der Waals surface area contributed by atoms with Crippen LogP contribution in [0, 0.1) is 11.6 Å². The zero-order valence-electron chi connectivity index (χ0n) is 7.19. The Morgan fingerprint density at radius 1 is 1.36 bits per heavy atom. The molecule has 0 aliphatic rings. The SMILES string of the molecule is O=C(Cl)NCCc1ccc(F)c(F)c1. The minimum absolute atomic E-state index is 0.299. The van der Waals surface area contributed by atoms with Crippen molar-refractivity contribution in [3.8, 4) is 0 Å². The number of carbonyl (C=O) groups excluding carboxylic acids is 1. The quantitative estimate of drug-likeness (QED) is 0.614. The molecule has 0 bridgehead atoms. The van der Waals surface area contributed by atoms with Gasteiger partial charge in [0.05, 0.1) is 0 Å². The van der Waals surface area contributed by atoms with Gasteiger partial charge in [-0.1, -0.05) is 6.07 Å². The second-order valence-corrected chi connectivity index (χ2v) is 3.04. The fraction of sp³-hybridized carbons (Fsp3) is 0.222. The monoisotopic (exact) mass is 219 g/mol. The molecule has 1 rings (SSSR count). The van der Waals surface area contributed by atoms with E-state index in [1.54, 1.807) is 0 Å². The highest BCUT2D eigenvalue weighted by molar-refractivity contribution is 6.62. The Hall–Kier alpha value is -1.16. The average Bonchev–Trinajstić information content (AvgIpc) is 2.10. The Morgan fingerprint density at radius 2 is 2.07 bits per heavy atom. The van der Waals surface area contributed by atoms with E-state index in [1.807, 2.05) is 0 Å². The molecule has 0 saturated carbocycles. The molecule has 0 spiro atoms. The first-order valence-corrected chi connectivity index (χ1v) is 4.34. The third-order valence-electron chi connectivity index (χ3n) is 1.66. The van der Waals surface area contributed by atoms with E-state index < -0.39 is 17.0 Å². The summed E-state index contributed by atoms with van der Waals surface area (Å²) in [6.07, 6.45) is 0.412. The van der Waals surface area contributed by atoms with Crippen molar-refractivity contribution in [3.05, 3.63) is 35.4 Å². The van der Waals surface area contributed by atoms with Gasteiger partial charge in [0.25, 0.3) is 0 Å². The van der Waals surface area contributed by atoms with Crippen molar-refractivity contribution in [1.82, 2.24) is 5.32 Å². The Kier molecular flexibility index (Phi) is 3.83. The van der Waals surface area contributed by atoms with Gasteiger partial charge in [0.15, 0.2) is 11.6 Å². The van der Waals surface area contributed by atoms with Crippen molar-refractivity contribution in [2.75, 3.05) is 6.54 Å². The second kappa shape index (κ2) is 4.91. The summed E-state index contributed by atoms with van der Waals surface area (Å²) in [4.78, 5) is 10.3. The van der Waals surface area contributed by atoms with Crippen LogP contribution in [-0.4, -0.2) is 11.9 Å². The Morgan fingerprint density at radius 3 is 2.64 bits per heavy atom. The lowest BCUT2D eigenvalue weighted by Crippen LogP contribution is -2.19. The highest BCUT2D eigenvalue weighted by Gasteiger charge is 2.02. The van der Waals surface area contributed by atoms with Gasteiger partial charge in [-0.05, 0) is 35.7 Å². The van der Waals surface area contributed by atoms with Gasteiger partial charge in [0, 0.05) is 6.54 Å². The predicted molar refractivity (Wildman–Crippen MR) is 49.3 cm³/mol. The number of hydrogen-bond donors (Lipinski definition) is 1. The van der Waals surface area contributed by atoms with Gasteiger partial charge < -0.3 is 5.32 Å². The highest BCUT2D eigenvalue weighted by atomic mass is 35.5. The summed E-state index contributed by atoms with van der Waals surface area (Å²) in [5.41, 5.74) is 0.606. The van der Waals surface area contributed by atoms with Gasteiger partial charge in [0.2, 0.25) is 0 Å². The van der Waals surface area contributed by atoms with E-state index in [0.717, 1.165) is 12.1 Å². The summed E-state index contributed by atoms with van der Waals surface area (Å²) in [5, 5.41) is 1.68. The van der Waals surface area contributed by atoms with Gasteiger partial charge in [-0.15, -0.1) is 0 Å². The molecule has 0 heterocycles. The van der Waals surface area contributed by atoms with Crippen molar-refractivity contribution < 1.29 is 13.6 Å². The lowest BCUT2D eigenvalue weighted by atomic mass is 10.1. The third kappa shape index (κ3) is 3.30. The van der Waals surface area contributed by atoms with Crippen molar-refractivity contribution in [3.63, 3.8) is 0 Å². The van der Waals surface area contributed by atoms with Gasteiger partial charge in [0.1, 0.15) is 0 Å². The van der Waals surface area contributed by atoms with Crippen LogP contribution in [0.3, 0.4) is 0 Å². The molecule has 0 aliphatic carbocycles. The molecule has 1 N–H and O–H groups in total. The van der Waals surface area contributed by atoms with E-state index in [1.165, 1.54) is 6.07 Å². The summed E-state index contributed by atoms with van der Waals surface area (Å²) < 4.78 is 25.2. The van der Waals surface area contributed by atoms with Gasteiger partial charge in [-0.2, -0.15) is 0 Å². The molecule has 1 aromatic rings. The molecule has 5 heteroatoms. The number of hydrogen-bond acceptors (Lipinski definition) is 1. The van der Waals surface area contributed by atoms with Crippen LogP contribution in [0.1, 0.15) is 5.56 Å². The minimum atomic E-state index is -0.889. The molecule has 0 aliphatic heterocycles. The smallest absolute Gasteiger partial charge is 0.313 e. The molecule has 76 valence electrons. The lowest BCUT2D eigenvalue weighted by Gasteiger charge is -2.01. The number of rotatable bonds is 3. The number of carbonyl (C=O) groups is 1. The topological polar surface area (TPSA) is 29.1 Å². The zero-order valence-corrected chi connectivity index (χ0v) is 7.94. The molecule has 0 atom stereocenters. The zero-order chi connectivity index (χ0) is 10.6. The van der Waals surface area contributed by atoms with E-state index >= 15 is 0 Å². The Labute approximate surface area is 84.9 Å². The molecular formula is C9H8ClF2NO. The van der Waals surface area contributed by atoms with E-state index in [9.17, 15) is 13.6 Å². The molecule has 1 aromatic carbocycles. The van der Waals surface area contributed by atoms with Crippen LogP contribution in [0.15, 0.2) is 18.2 Å². The maximum atomic E-state index is 12.7. The Balaban J connectivity index is 2.51. The van der Waals surface area contributed by atoms with Crippen molar-refractivity contribution in [1.29, 1.82) is 0 Å². The molecule has 2 nitrogen and oxygen atoms in total. The molecular weight excluding hydrogens is 212 g/mol. The molecule has 0 aromatic heterocycles. The molecule has 0 fully saturated rings. The van der Waals surface area contributed by atoms with Crippen LogP contribution in [0.4, 0.5) is 13.6 Å². The molecule has 0 radical (unpaired) electrons. The number of nitrogens with one attached hydrogen (secondary N) is 1. The van der Waals surface area contributed by atoms with E-state index in [0.29, 0.717) is 18.5 Å². The average molecular weight is 220 g/mol.